The van der Waals surface area contributed by atoms with Crippen molar-refractivity contribution < 1.29 is 13.9 Å². The highest BCUT2D eigenvalue weighted by molar-refractivity contribution is 5.57. The minimum atomic E-state index is -0.253. The number of benzene rings is 1. The normalized spacial score (nSPS) is 16.6. The third-order valence-corrected chi connectivity index (χ3v) is 4.89. The molecule has 0 aliphatic heterocycles. The number of aromatic nitrogens is 2. The lowest BCUT2D eigenvalue weighted by Crippen LogP contribution is -2.25. The number of hydrogen-bond acceptors (Lipinski definition) is 4. The molecule has 1 atom stereocenters. The molecule has 0 unspecified atom stereocenters. The number of aliphatic hydroxyl groups excluding tert-OH is 1. The quantitative estimate of drug-likeness (QED) is 0.711. The van der Waals surface area contributed by atoms with Gasteiger partial charge in [0.15, 0.2) is 0 Å². The summed E-state index contributed by atoms with van der Waals surface area (Å²) in [6.07, 6.45) is 5.07. The van der Waals surface area contributed by atoms with Crippen molar-refractivity contribution in [1.82, 2.24) is 15.1 Å². The summed E-state index contributed by atoms with van der Waals surface area (Å²) in [5.41, 5.74) is 3.30. The average Bonchev–Trinajstić information content (AvgIpc) is 3.29. The summed E-state index contributed by atoms with van der Waals surface area (Å²) in [6.45, 7) is 1.27. The van der Waals surface area contributed by atoms with Crippen molar-refractivity contribution in [2.45, 2.75) is 38.4 Å². The minimum Gasteiger partial charge on any atom is -0.460 e. The highest BCUT2D eigenvalue weighted by Gasteiger charge is 2.24. The number of rotatable bonds is 6. The first-order chi connectivity index (χ1) is 12.7. The highest BCUT2D eigenvalue weighted by Crippen LogP contribution is 2.30. The number of nitrogens with zero attached hydrogens (tertiary/aromatic N) is 2. The largest absolute Gasteiger partial charge is 0.460 e. The van der Waals surface area contributed by atoms with Crippen LogP contribution in [-0.2, 0) is 19.5 Å². The van der Waals surface area contributed by atoms with Crippen LogP contribution in [-0.4, -0.2) is 21.5 Å². The van der Waals surface area contributed by atoms with Crippen LogP contribution >= 0.6 is 0 Å². The maximum absolute atomic E-state index is 13.0. The number of hydrogen-bond donors (Lipinski definition) is 2. The highest BCUT2D eigenvalue weighted by atomic mass is 19.1. The van der Waals surface area contributed by atoms with Crippen LogP contribution in [0.1, 0.15) is 35.9 Å². The summed E-state index contributed by atoms with van der Waals surface area (Å²) in [5, 5.41) is 17.1. The fourth-order valence-electron chi connectivity index (χ4n) is 3.58. The number of furan rings is 1. The summed E-state index contributed by atoms with van der Waals surface area (Å²) in [5.74, 6) is 1.33. The number of aliphatic hydroxyl groups is 1. The van der Waals surface area contributed by atoms with Crippen molar-refractivity contribution in [2.75, 3.05) is 6.61 Å². The van der Waals surface area contributed by atoms with Crippen LogP contribution in [0.25, 0.3) is 11.3 Å². The van der Waals surface area contributed by atoms with Crippen molar-refractivity contribution in [3.63, 3.8) is 0 Å². The van der Waals surface area contributed by atoms with E-state index in [1.807, 2.05) is 23.0 Å². The standard InChI is InChI=1S/C20H22FN3O2/c21-15-6-4-14(5-7-15)20-9-8-16(26-20)12-22-18-2-1-3-19-17(18)13-23-24(19)10-11-25/h4-9,13,18,22,25H,1-3,10-12H2/t18-/m0/s1. The van der Waals surface area contributed by atoms with Crippen molar-refractivity contribution in [1.29, 1.82) is 0 Å². The maximum Gasteiger partial charge on any atom is 0.134 e. The molecule has 2 N–H and O–H groups in total. The minimum absolute atomic E-state index is 0.102. The van der Waals surface area contributed by atoms with E-state index in [1.165, 1.54) is 23.4 Å². The Kier molecular flexibility index (Phi) is 4.86. The van der Waals surface area contributed by atoms with Gasteiger partial charge in [0.05, 0.1) is 25.9 Å². The topological polar surface area (TPSA) is 63.2 Å². The molecular formula is C20H22FN3O2. The van der Waals surface area contributed by atoms with Crippen molar-refractivity contribution in [3.8, 4) is 11.3 Å². The molecule has 3 aromatic rings. The Morgan fingerprint density at radius 1 is 1.23 bits per heavy atom. The van der Waals surface area contributed by atoms with E-state index < -0.39 is 0 Å². The third kappa shape index (κ3) is 3.43. The van der Waals surface area contributed by atoms with Crippen molar-refractivity contribution in [2.24, 2.45) is 0 Å². The molecule has 0 amide bonds. The monoisotopic (exact) mass is 355 g/mol. The molecule has 1 aliphatic rings. The second kappa shape index (κ2) is 7.43. The summed E-state index contributed by atoms with van der Waals surface area (Å²) in [7, 11) is 0. The Balaban J connectivity index is 1.43. The Morgan fingerprint density at radius 2 is 2.08 bits per heavy atom. The second-order valence-electron chi connectivity index (χ2n) is 6.59. The van der Waals surface area contributed by atoms with E-state index >= 15 is 0 Å². The van der Waals surface area contributed by atoms with Gasteiger partial charge in [0.1, 0.15) is 17.3 Å². The van der Waals surface area contributed by atoms with Gasteiger partial charge < -0.3 is 14.8 Å². The fraction of sp³-hybridized carbons (Fsp3) is 0.350. The molecule has 26 heavy (non-hydrogen) atoms. The SMILES string of the molecule is OCCn1ncc2c1CCC[C@@H]2NCc1ccc(-c2ccc(F)cc2)o1. The van der Waals surface area contributed by atoms with Gasteiger partial charge in [-0.1, -0.05) is 0 Å². The predicted octanol–water partition coefficient (Wildman–Crippen LogP) is 3.44. The molecule has 2 aromatic heterocycles. The smallest absolute Gasteiger partial charge is 0.134 e. The first-order valence-electron chi connectivity index (χ1n) is 8.98. The van der Waals surface area contributed by atoms with Crippen molar-refractivity contribution in [3.05, 3.63) is 65.4 Å². The average molecular weight is 355 g/mol. The Morgan fingerprint density at radius 3 is 2.88 bits per heavy atom. The van der Waals surface area contributed by atoms with Crippen molar-refractivity contribution >= 4 is 0 Å². The first-order valence-corrected chi connectivity index (χ1v) is 8.98. The van der Waals surface area contributed by atoms with Gasteiger partial charge in [-0.2, -0.15) is 5.10 Å². The van der Waals surface area contributed by atoms with E-state index in [4.69, 9.17) is 9.52 Å². The lowest BCUT2D eigenvalue weighted by Gasteiger charge is -2.24. The van der Waals surface area contributed by atoms with Gasteiger partial charge in [-0.15, -0.1) is 0 Å². The van der Waals surface area contributed by atoms with E-state index in [1.54, 1.807) is 12.1 Å². The van der Waals surface area contributed by atoms with E-state index in [9.17, 15) is 4.39 Å². The third-order valence-electron chi connectivity index (χ3n) is 4.89. The number of nitrogens with one attached hydrogen (secondary N) is 1. The van der Waals surface area contributed by atoms with Gasteiger partial charge in [-0.25, -0.2) is 4.39 Å². The van der Waals surface area contributed by atoms with Gasteiger partial charge in [0, 0.05) is 22.9 Å². The molecule has 1 aromatic carbocycles. The zero-order valence-corrected chi connectivity index (χ0v) is 14.5. The molecule has 136 valence electrons. The van der Waals surface area contributed by atoms with Crippen LogP contribution in [0.4, 0.5) is 4.39 Å². The first kappa shape index (κ1) is 17.0. The molecule has 0 bridgehead atoms. The fourth-order valence-corrected chi connectivity index (χ4v) is 3.58. The molecule has 0 saturated heterocycles. The van der Waals surface area contributed by atoms with E-state index in [-0.39, 0.29) is 18.5 Å². The van der Waals surface area contributed by atoms with E-state index in [2.05, 4.69) is 10.4 Å². The molecule has 5 nitrogen and oxygen atoms in total. The molecule has 0 fully saturated rings. The molecular weight excluding hydrogens is 333 g/mol. The van der Waals surface area contributed by atoms with Crippen LogP contribution in [0.15, 0.2) is 47.0 Å². The summed E-state index contributed by atoms with van der Waals surface area (Å²) in [4.78, 5) is 0. The number of fused-ring (bicyclic) bond motifs is 1. The zero-order chi connectivity index (χ0) is 17.9. The lowest BCUT2D eigenvalue weighted by atomic mass is 9.93. The summed E-state index contributed by atoms with van der Waals surface area (Å²) >= 11 is 0. The molecule has 0 saturated carbocycles. The van der Waals surface area contributed by atoms with Crippen LogP contribution in [0.3, 0.4) is 0 Å². The summed E-state index contributed by atoms with van der Waals surface area (Å²) in [6, 6.07) is 10.4. The molecule has 4 rings (SSSR count). The van der Waals surface area contributed by atoms with Gasteiger partial charge >= 0.3 is 0 Å². The Hall–Kier alpha value is -2.44. The van der Waals surface area contributed by atoms with Crippen LogP contribution in [0, 0.1) is 5.82 Å². The van der Waals surface area contributed by atoms with Gasteiger partial charge in [-0.3, -0.25) is 4.68 Å². The molecule has 6 heteroatoms. The number of halogens is 1. The maximum atomic E-state index is 13.0. The molecule has 0 spiro atoms. The van der Waals surface area contributed by atoms with E-state index in [0.29, 0.717) is 13.1 Å². The summed E-state index contributed by atoms with van der Waals surface area (Å²) < 4.78 is 20.8. The molecule has 0 radical (unpaired) electrons. The zero-order valence-electron chi connectivity index (χ0n) is 14.5. The predicted molar refractivity (Wildman–Crippen MR) is 95.9 cm³/mol. The van der Waals surface area contributed by atoms with Crippen LogP contribution in [0.2, 0.25) is 0 Å². The van der Waals surface area contributed by atoms with E-state index in [0.717, 1.165) is 36.3 Å². The van der Waals surface area contributed by atoms with Gasteiger partial charge in [0.2, 0.25) is 0 Å². The Labute approximate surface area is 151 Å². The van der Waals surface area contributed by atoms with Crippen LogP contribution < -0.4 is 5.32 Å². The Bertz CT molecular complexity index is 870. The molecule has 1 aliphatic carbocycles. The molecule has 2 heterocycles. The van der Waals surface area contributed by atoms with Gasteiger partial charge in [-0.05, 0) is 55.7 Å². The second-order valence-corrected chi connectivity index (χ2v) is 6.59. The van der Waals surface area contributed by atoms with Gasteiger partial charge in [0.25, 0.3) is 0 Å². The van der Waals surface area contributed by atoms with Crippen LogP contribution in [0.5, 0.6) is 0 Å². The lowest BCUT2D eigenvalue weighted by molar-refractivity contribution is 0.266.